The molecule has 0 saturated heterocycles. The van der Waals surface area contributed by atoms with Gasteiger partial charge in [0.2, 0.25) is 10.8 Å². The van der Waals surface area contributed by atoms with Gasteiger partial charge in [-0.2, -0.15) is 4.52 Å². The Balaban J connectivity index is 1.54. The Morgan fingerprint density at radius 2 is 1.81 bits per heavy atom. The Hall–Kier alpha value is -2.61. The van der Waals surface area contributed by atoms with E-state index in [1.54, 1.807) is 29.0 Å². The number of nitrogens with zero attached hydrogens (tertiary/aromatic N) is 4. The lowest BCUT2D eigenvalue weighted by molar-refractivity contribution is 0.574. The van der Waals surface area contributed by atoms with Crippen molar-refractivity contribution in [3.05, 3.63) is 58.8 Å². The second-order valence-corrected chi connectivity index (χ2v) is 7.17. The predicted octanol–water partition coefficient (Wildman–Crippen LogP) is 5.68. The molecule has 4 aromatic heterocycles. The van der Waals surface area contributed by atoms with Gasteiger partial charge in [-0.1, -0.05) is 34.5 Å². The first-order chi connectivity index (χ1) is 12.7. The third kappa shape index (κ3) is 2.52. The summed E-state index contributed by atoms with van der Waals surface area (Å²) in [7, 11) is 0. The van der Waals surface area contributed by atoms with Gasteiger partial charge in [-0.15, -0.1) is 15.3 Å². The van der Waals surface area contributed by atoms with Crippen LogP contribution in [0.4, 0.5) is 0 Å². The van der Waals surface area contributed by atoms with Gasteiger partial charge in [-0.25, -0.2) is 0 Å². The molecule has 0 unspecified atom stereocenters. The number of hydrogen-bond acceptors (Lipinski definition) is 6. The molecule has 5 rings (SSSR count). The maximum atomic E-state index is 6.08. The summed E-state index contributed by atoms with van der Waals surface area (Å²) < 4.78 is 13.0. The highest BCUT2D eigenvalue weighted by Gasteiger charge is 2.18. The number of aromatic nitrogens is 4. The van der Waals surface area contributed by atoms with Crippen LogP contribution in [0, 0.1) is 0 Å². The van der Waals surface area contributed by atoms with Crippen molar-refractivity contribution >= 4 is 39.5 Å². The minimum absolute atomic E-state index is 0.476. The molecular weight excluding hydrogens is 395 g/mol. The van der Waals surface area contributed by atoms with Crippen LogP contribution in [0.5, 0.6) is 0 Å². The molecule has 0 amide bonds. The smallest absolute Gasteiger partial charge is 0.235 e. The van der Waals surface area contributed by atoms with Crippen molar-refractivity contribution in [3.8, 4) is 33.7 Å². The van der Waals surface area contributed by atoms with Crippen molar-refractivity contribution in [1.29, 1.82) is 0 Å². The second kappa shape index (κ2) is 5.98. The first kappa shape index (κ1) is 15.6. The molecule has 5 aromatic rings. The highest BCUT2D eigenvalue weighted by molar-refractivity contribution is 7.19. The largest absolute Gasteiger partial charge is 0.461 e. The zero-order valence-corrected chi connectivity index (χ0v) is 15.2. The van der Waals surface area contributed by atoms with Gasteiger partial charge in [0.1, 0.15) is 5.76 Å². The number of fused-ring (bicyclic) bond motifs is 1. The van der Waals surface area contributed by atoms with Gasteiger partial charge >= 0.3 is 0 Å². The third-order valence-electron chi connectivity index (χ3n) is 3.75. The quantitative estimate of drug-likeness (QED) is 0.388. The van der Waals surface area contributed by atoms with Gasteiger partial charge in [0, 0.05) is 5.56 Å². The van der Waals surface area contributed by atoms with Crippen molar-refractivity contribution in [2.45, 2.75) is 0 Å². The highest BCUT2D eigenvalue weighted by atomic mass is 35.5. The Kier molecular flexibility index (Phi) is 3.59. The molecule has 26 heavy (non-hydrogen) atoms. The number of furan rings is 2. The molecule has 1 aromatic carbocycles. The van der Waals surface area contributed by atoms with Crippen LogP contribution >= 0.6 is 34.5 Å². The monoisotopic (exact) mass is 402 g/mol. The molecule has 0 bridgehead atoms. The lowest BCUT2D eigenvalue weighted by Crippen LogP contribution is -1.89. The van der Waals surface area contributed by atoms with Gasteiger partial charge in [0.05, 0.1) is 16.3 Å². The zero-order chi connectivity index (χ0) is 17.7. The highest BCUT2D eigenvalue weighted by Crippen LogP contribution is 2.34. The number of benzene rings is 1. The van der Waals surface area contributed by atoms with Crippen LogP contribution in [0.3, 0.4) is 0 Å². The summed E-state index contributed by atoms with van der Waals surface area (Å²) in [5.41, 5.74) is 0.838. The Labute approximate surface area is 160 Å². The van der Waals surface area contributed by atoms with Crippen molar-refractivity contribution in [2.24, 2.45) is 0 Å². The second-order valence-electron chi connectivity index (χ2n) is 5.40. The van der Waals surface area contributed by atoms with Crippen LogP contribution in [0.2, 0.25) is 10.0 Å². The van der Waals surface area contributed by atoms with E-state index >= 15 is 0 Å². The SMILES string of the molecule is Clc1ccc(-c2ccc(-c3nn4c(-c5ccco5)nnc4s3)o2)cc1Cl. The summed E-state index contributed by atoms with van der Waals surface area (Å²) in [5.74, 6) is 2.46. The van der Waals surface area contributed by atoms with Crippen molar-refractivity contribution < 1.29 is 8.83 Å². The van der Waals surface area contributed by atoms with Crippen LogP contribution < -0.4 is 0 Å². The Morgan fingerprint density at radius 3 is 2.62 bits per heavy atom. The Morgan fingerprint density at radius 1 is 0.923 bits per heavy atom. The van der Waals surface area contributed by atoms with Crippen LogP contribution in [0.25, 0.3) is 38.6 Å². The summed E-state index contributed by atoms with van der Waals surface area (Å²) >= 11 is 13.4. The normalized spacial score (nSPS) is 11.5. The van der Waals surface area contributed by atoms with E-state index in [1.807, 2.05) is 24.3 Å². The Bertz CT molecular complexity index is 1220. The van der Waals surface area contributed by atoms with Crippen LogP contribution in [-0.2, 0) is 0 Å². The molecule has 0 aliphatic carbocycles. The molecule has 0 aliphatic rings. The summed E-state index contributed by atoms with van der Waals surface area (Å²) in [6.07, 6.45) is 1.58. The zero-order valence-electron chi connectivity index (χ0n) is 12.9. The van der Waals surface area contributed by atoms with E-state index in [1.165, 1.54) is 11.3 Å². The summed E-state index contributed by atoms with van der Waals surface area (Å²) in [5, 5.41) is 14.5. The standard InChI is InChI=1S/C17H8Cl2N4O2S/c18-10-4-3-9(8-11(10)19)12-5-6-14(25-12)16-22-23-15(13-2-1-7-24-13)20-21-17(23)26-16/h1-8H. The van der Waals surface area contributed by atoms with Gasteiger partial charge in [-0.3, -0.25) is 0 Å². The fourth-order valence-corrected chi connectivity index (χ4v) is 3.63. The van der Waals surface area contributed by atoms with Crippen LogP contribution in [-0.4, -0.2) is 19.8 Å². The van der Waals surface area contributed by atoms with Gasteiger partial charge in [-0.05, 0) is 42.5 Å². The van der Waals surface area contributed by atoms with E-state index in [9.17, 15) is 0 Å². The van der Waals surface area contributed by atoms with E-state index in [0.29, 0.717) is 43.1 Å². The van der Waals surface area contributed by atoms with Crippen LogP contribution in [0.15, 0.2) is 57.6 Å². The van der Waals surface area contributed by atoms with E-state index in [4.69, 9.17) is 32.0 Å². The molecule has 128 valence electrons. The van der Waals surface area contributed by atoms with Gasteiger partial charge in [0.15, 0.2) is 16.5 Å². The van der Waals surface area contributed by atoms with Crippen molar-refractivity contribution in [3.63, 3.8) is 0 Å². The third-order valence-corrected chi connectivity index (χ3v) is 5.41. The fraction of sp³-hybridized carbons (Fsp3) is 0. The minimum atomic E-state index is 0.476. The van der Waals surface area contributed by atoms with E-state index in [0.717, 1.165) is 5.56 Å². The van der Waals surface area contributed by atoms with Gasteiger partial charge < -0.3 is 8.83 Å². The molecule has 0 spiro atoms. The number of rotatable bonds is 3. The fourth-order valence-electron chi connectivity index (χ4n) is 2.53. The average Bonchev–Trinajstić information content (AvgIpc) is 3.40. The molecule has 0 radical (unpaired) electrons. The van der Waals surface area contributed by atoms with Crippen LogP contribution in [0.1, 0.15) is 0 Å². The van der Waals surface area contributed by atoms with E-state index in [-0.39, 0.29) is 0 Å². The van der Waals surface area contributed by atoms with Crippen molar-refractivity contribution in [2.75, 3.05) is 0 Å². The first-order valence-corrected chi connectivity index (χ1v) is 9.08. The topological polar surface area (TPSA) is 69.4 Å². The molecule has 6 nitrogen and oxygen atoms in total. The van der Waals surface area contributed by atoms with E-state index < -0.39 is 0 Å². The first-order valence-electron chi connectivity index (χ1n) is 7.51. The van der Waals surface area contributed by atoms with Crippen molar-refractivity contribution in [1.82, 2.24) is 19.8 Å². The van der Waals surface area contributed by atoms with E-state index in [2.05, 4.69) is 15.3 Å². The summed E-state index contributed by atoms with van der Waals surface area (Å²) in [4.78, 5) is 0.652. The molecule has 0 saturated carbocycles. The summed E-state index contributed by atoms with van der Waals surface area (Å²) in [6, 6.07) is 12.7. The number of hydrogen-bond donors (Lipinski definition) is 0. The molecule has 0 aliphatic heterocycles. The average molecular weight is 403 g/mol. The maximum Gasteiger partial charge on any atom is 0.235 e. The molecule has 0 N–H and O–H groups in total. The number of halogens is 2. The summed E-state index contributed by atoms with van der Waals surface area (Å²) in [6.45, 7) is 0. The predicted molar refractivity (Wildman–Crippen MR) is 99.5 cm³/mol. The lowest BCUT2D eigenvalue weighted by Gasteiger charge is -1.99. The molecule has 4 heterocycles. The molecule has 0 fully saturated rings. The maximum absolute atomic E-state index is 6.08. The lowest BCUT2D eigenvalue weighted by atomic mass is 10.2. The molecule has 0 atom stereocenters. The van der Waals surface area contributed by atoms with Gasteiger partial charge in [0.25, 0.3) is 0 Å². The molecule has 9 heteroatoms. The minimum Gasteiger partial charge on any atom is -0.461 e. The molecular formula is C17H8Cl2N4O2S.